The molecule has 2 aromatic heterocycles. The van der Waals surface area contributed by atoms with E-state index in [-0.39, 0.29) is 6.10 Å². The number of rotatable bonds is 5. The van der Waals surface area contributed by atoms with E-state index in [9.17, 15) is 0 Å². The van der Waals surface area contributed by atoms with Crippen molar-refractivity contribution in [2.24, 2.45) is 12.0 Å². The smallest absolute Gasteiger partial charge is 0.193 e. The van der Waals surface area contributed by atoms with Crippen LogP contribution in [0.3, 0.4) is 0 Å². The van der Waals surface area contributed by atoms with Crippen LogP contribution in [0.1, 0.15) is 18.1 Å². The van der Waals surface area contributed by atoms with E-state index in [1.807, 2.05) is 43.4 Å². The molecule has 1 N–H and O–H groups in total. The van der Waals surface area contributed by atoms with Crippen LogP contribution in [-0.2, 0) is 18.3 Å². The van der Waals surface area contributed by atoms with Crippen LogP contribution >= 0.6 is 0 Å². The van der Waals surface area contributed by atoms with Gasteiger partial charge >= 0.3 is 0 Å². The second-order valence-corrected chi connectivity index (χ2v) is 5.85. The van der Waals surface area contributed by atoms with Crippen molar-refractivity contribution in [2.75, 3.05) is 33.3 Å². The summed E-state index contributed by atoms with van der Waals surface area (Å²) >= 11 is 0. The van der Waals surface area contributed by atoms with E-state index in [1.165, 1.54) is 0 Å². The fourth-order valence-corrected chi connectivity index (χ4v) is 2.86. The molecule has 0 aliphatic carbocycles. The van der Waals surface area contributed by atoms with Crippen molar-refractivity contribution in [1.29, 1.82) is 0 Å². The van der Waals surface area contributed by atoms with Crippen LogP contribution in [-0.4, -0.2) is 63.7 Å². The molecule has 0 amide bonds. The van der Waals surface area contributed by atoms with Gasteiger partial charge in [-0.25, -0.2) is 0 Å². The Bertz CT molecular complexity index is 649. The Kier molecular flexibility index (Phi) is 5.47. The van der Waals surface area contributed by atoms with E-state index in [4.69, 9.17) is 4.74 Å². The fourth-order valence-electron chi connectivity index (χ4n) is 2.86. The van der Waals surface area contributed by atoms with Crippen LogP contribution in [0.5, 0.6) is 0 Å². The van der Waals surface area contributed by atoms with Crippen molar-refractivity contribution in [3.05, 3.63) is 36.4 Å². The van der Waals surface area contributed by atoms with Crippen molar-refractivity contribution < 1.29 is 4.74 Å². The predicted octanol–water partition coefficient (Wildman–Crippen LogP) is 0.656. The largest absolute Gasteiger partial charge is 0.370 e. The van der Waals surface area contributed by atoms with E-state index in [0.717, 1.165) is 44.1 Å². The summed E-state index contributed by atoms with van der Waals surface area (Å²) in [6.07, 6.45) is 8.70. The van der Waals surface area contributed by atoms with Crippen LogP contribution in [0.2, 0.25) is 0 Å². The number of aryl methyl sites for hydroxylation is 2. The van der Waals surface area contributed by atoms with Gasteiger partial charge in [-0.3, -0.25) is 14.4 Å². The average Bonchev–Trinajstić information content (AvgIpc) is 3.27. The summed E-state index contributed by atoms with van der Waals surface area (Å²) in [5.74, 6) is 0.924. The van der Waals surface area contributed by atoms with Gasteiger partial charge in [-0.1, -0.05) is 0 Å². The average molecular weight is 331 g/mol. The molecular formula is C16H25N7O. The Labute approximate surface area is 142 Å². The Morgan fingerprint density at radius 3 is 3.08 bits per heavy atom. The molecular weight excluding hydrogens is 306 g/mol. The van der Waals surface area contributed by atoms with E-state index < -0.39 is 0 Å². The number of hydrogen-bond acceptors (Lipinski definition) is 4. The van der Waals surface area contributed by atoms with Gasteiger partial charge in [0.05, 0.1) is 19.3 Å². The molecule has 1 aliphatic heterocycles. The molecule has 1 saturated heterocycles. The Hall–Kier alpha value is -2.35. The summed E-state index contributed by atoms with van der Waals surface area (Å²) in [5.41, 5.74) is 1.11. The zero-order valence-electron chi connectivity index (χ0n) is 14.3. The van der Waals surface area contributed by atoms with Gasteiger partial charge in [-0.2, -0.15) is 10.2 Å². The maximum atomic E-state index is 5.89. The molecule has 8 heteroatoms. The third-order valence-corrected chi connectivity index (χ3v) is 4.08. The van der Waals surface area contributed by atoms with E-state index in [2.05, 4.69) is 25.4 Å². The highest BCUT2D eigenvalue weighted by molar-refractivity contribution is 5.80. The van der Waals surface area contributed by atoms with Crippen LogP contribution in [0.4, 0.5) is 0 Å². The first-order chi connectivity index (χ1) is 11.8. The molecule has 0 saturated carbocycles. The number of nitrogens with one attached hydrogen (secondary N) is 1. The summed E-state index contributed by atoms with van der Waals surface area (Å²) < 4.78 is 9.64. The lowest BCUT2D eigenvalue weighted by molar-refractivity contribution is -0.00802. The van der Waals surface area contributed by atoms with E-state index in [0.29, 0.717) is 6.61 Å². The number of aromatic nitrogens is 4. The van der Waals surface area contributed by atoms with Crippen LogP contribution in [0, 0.1) is 0 Å². The second-order valence-electron chi connectivity index (χ2n) is 5.85. The minimum Gasteiger partial charge on any atom is -0.370 e. The number of hydrogen-bond donors (Lipinski definition) is 1. The van der Waals surface area contributed by atoms with E-state index >= 15 is 0 Å². The van der Waals surface area contributed by atoms with Gasteiger partial charge in [-0.15, -0.1) is 0 Å². The molecule has 1 unspecified atom stereocenters. The van der Waals surface area contributed by atoms with Crippen molar-refractivity contribution in [2.45, 2.75) is 19.1 Å². The van der Waals surface area contributed by atoms with E-state index in [1.54, 1.807) is 10.9 Å². The zero-order chi connectivity index (χ0) is 16.8. The normalized spacial score (nSPS) is 18.8. The minimum atomic E-state index is 0.0371. The van der Waals surface area contributed by atoms with Gasteiger partial charge < -0.3 is 15.0 Å². The molecule has 2 aromatic rings. The molecule has 24 heavy (non-hydrogen) atoms. The summed E-state index contributed by atoms with van der Waals surface area (Å²) in [7, 11) is 3.74. The summed E-state index contributed by atoms with van der Waals surface area (Å²) in [6, 6.07) is 1.94. The first-order valence-electron chi connectivity index (χ1n) is 8.29. The topological polar surface area (TPSA) is 72.5 Å². The van der Waals surface area contributed by atoms with Gasteiger partial charge in [0.25, 0.3) is 0 Å². The third-order valence-electron chi connectivity index (χ3n) is 4.08. The van der Waals surface area contributed by atoms with Gasteiger partial charge in [0, 0.05) is 57.9 Å². The van der Waals surface area contributed by atoms with Crippen molar-refractivity contribution in [3.63, 3.8) is 0 Å². The molecule has 1 fully saturated rings. The number of guanidine groups is 1. The first kappa shape index (κ1) is 16.5. The summed E-state index contributed by atoms with van der Waals surface area (Å²) in [5, 5.41) is 11.9. The molecule has 0 bridgehead atoms. The molecule has 8 nitrogen and oxygen atoms in total. The van der Waals surface area contributed by atoms with Crippen LogP contribution < -0.4 is 5.32 Å². The standard InChI is InChI=1S/C16H25N7O/c1-17-16(18-5-3-7-23-8-4-6-19-23)22-9-10-24-15(13-22)14-11-20-21(2)12-14/h4,6,8,11-12,15H,3,5,7,9-10,13H2,1-2H3,(H,17,18). The lowest BCUT2D eigenvalue weighted by Gasteiger charge is -2.34. The first-order valence-corrected chi connectivity index (χ1v) is 8.29. The lowest BCUT2D eigenvalue weighted by Crippen LogP contribution is -2.48. The third kappa shape index (κ3) is 4.14. The Morgan fingerprint density at radius 2 is 2.38 bits per heavy atom. The molecule has 0 spiro atoms. The number of morpholine rings is 1. The maximum absolute atomic E-state index is 5.89. The molecule has 3 heterocycles. The van der Waals surface area contributed by atoms with Gasteiger partial charge in [0.2, 0.25) is 0 Å². The Morgan fingerprint density at radius 1 is 1.46 bits per heavy atom. The lowest BCUT2D eigenvalue weighted by atomic mass is 10.1. The zero-order valence-corrected chi connectivity index (χ0v) is 14.3. The quantitative estimate of drug-likeness (QED) is 0.495. The number of aliphatic imine (C=N–C) groups is 1. The SMILES string of the molecule is CN=C(NCCCn1cccn1)N1CCOC(c2cnn(C)c2)C1. The number of ether oxygens (including phenoxy) is 1. The summed E-state index contributed by atoms with van der Waals surface area (Å²) in [6.45, 7) is 4.08. The Balaban J connectivity index is 1.49. The molecule has 0 aromatic carbocycles. The van der Waals surface area contributed by atoms with Gasteiger partial charge in [-0.05, 0) is 12.5 Å². The molecule has 3 rings (SSSR count). The van der Waals surface area contributed by atoms with Crippen molar-refractivity contribution in [3.8, 4) is 0 Å². The van der Waals surface area contributed by atoms with Gasteiger partial charge in [0.1, 0.15) is 6.10 Å². The molecule has 1 atom stereocenters. The van der Waals surface area contributed by atoms with Gasteiger partial charge in [0.15, 0.2) is 5.96 Å². The highest BCUT2D eigenvalue weighted by Gasteiger charge is 2.24. The highest BCUT2D eigenvalue weighted by Crippen LogP contribution is 2.21. The molecule has 0 radical (unpaired) electrons. The molecule has 130 valence electrons. The monoisotopic (exact) mass is 331 g/mol. The maximum Gasteiger partial charge on any atom is 0.193 e. The van der Waals surface area contributed by atoms with Crippen molar-refractivity contribution in [1.82, 2.24) is 29.8 Å². The van der Waals surface area contributed by atoms with Crippen LogP contribution in [0.15, 0.2) is 35.8 Å². The second kappa shape index (κ2) is 7.96. The van der Waals surface area contributed by atoms with Crippen LogP contribution in [0.25, 0.3) is 0 Å². The van der Waals surface area contributed by atoms with Crippen molar-refractivity contribution >= 4 is 5.96 Å². The summed E-state index contributed by atoms with van der Waals surface area (Å²) in [4.78, 5) is 6.66. The highest BCUT2D eigenvalue weighted by atomic mass is 16.5. The number of nitrogens with zero attached hydrogens (tertiary/aromatic N) is 6. The fraction of sp³-hybridized carbons (Fsp3) is 0.562. The minimum absolute atomic E-state index is 0.0371. The molecule has 1 aliphatic rings. The predicted molar refractivity (Wildman–Crippen MR) is 91.7 cm³/mol.